The molecule has 0 aliphatic carbocycles. The summed E-state index contributed by atoms with van der Waals surface area (Å²) in [6.45, 7) is 5.67. The molecular weight excluding hydrogens is 272 g/mol. The molecule has 0 saturated carbocycles. The van der Waals surface area contributed by atoms with Crippen LogP contribution in [0.2, 0.25) is 0 Å². The Hall–Kier alpha value is -2.48. The smallest absolute Gasteiger partial charge is 0.118 e. The van der Waals surface area contributed by atoms with Gasteiger partial charge in [0, 0.05) is 0 Å². The summed E-state index contributed by atoms with van der Waals surface area (Å²) in [4.78, 5) is 0. The van der Waals surface area contributed by atoms with E-state index >= 15 is 0 Å². The van der Waals surface area contributed by atoms with E-state index in [2.05, 4.69) is 12.7 Å². The van der Waals surface area contributed by atoms with Crippen molar-refractivity contribution in [3.05, 3.63) is 78.4 Å². The maximum absolute atomic E-state index is 5.02. The van der Waals surface area contributed by atoms with Crippen molar-refractivity contribution in [3.8, 4) is 11.5 Å². The lowest BCUT2D eigenvalue weighted by molar-refractivity contribution is 0.414. The molecule has 0 fully saturated rings. The van der Waals surface area contributed by atoms with Crippen molar-refractivity contribution in [1.82, 2.24) is 0 Å². The lowest BCUT2D eigenvalue weighted by Crippen LogP contribution is -1.83. The lowest BCUT2D eigenvalue weighted by Gasteiger charge is -1.99. The van der Waals surface area contributed by atoms with E-state index in [0.717, 1.165) is 17.9 Å². The topological polar surface area (TPSA) is 18.5 Å². The number of ether oxygens (including phenoxy) is 2. The first-order valence-corrected chi connectivity index (χ1v) is 7.24. The molecule has 0 saturated heterocycles. The van der Waals surface area contributed by atoms with Crippen LogP contribution in [0.5, 0.6) is 11.5 Å². The van der Waals surface area contributed by atoms with Gasteiger partial charge in [-0.1, -0.05) is 42.5 Å². The van der Waals surface area contributed by atoms with Gasteiger partial charge in [-0.2, -0.15) is 0 Å². The van der Waals surface area contributed by atoms with Crippen LogP contribution >= 0.6 is 0 Å². The Morgan fingerprint density at radius 1 is 0.864 bits per heavy atom. The zero-order valence-corrected chi connectivity index (χ0v) is 13.6. The highest BCUT2D eigenvalue weighted by Crippen LogP contribution is 2.12. The standard InChI is InChI=1S/2C10H12O/c2*1-3-4-9-5-7-10(11-2)8-6-9/h3-8H,1-2H3;3,5-8H,1,4H2,2H3/b4-3+;. The van der Waals surface area contributed by atoms with Crippen molar-refractivity contribution in [2.45, 2.75) is 13.3 Å². The van der Waals surface area contributed by atoms with E-state index in [1.165, 1.54) is 11.1 Å². The van der Waals surface area contributed by atoms with Crippen molar-refractivity contribution < 1.29 is 9.47 Å². The highest BCUT2D eigenvalue weighted by Gasteiger charge is 1.90. The van der Waals surface area contributed by atoms with Gasteiger partial charge in [0.25, 0.3) is 0 Å². The summed E-state index contributed by atoms with van der Waals surface area (Å²) in [5.74, 6) is 1.80. The highest BCUT2D eigenvalue weighted by atomic mass is 16.5. The SMILES string of the molecule is C/C=C/c1ccc(OC)cc1.C=CCc1ccc(OC)cc1. The second-order valence-corrected chi connectivity index (χ2v) is 4.61. The Morgan fingerprint density at radius 3 is 1.77 bits per heavy atom. The molecule has 0 aliphatic heterocycles. The van der Waals surface area contributed by atoms with Gasteiger partial charge in [0.2, 0.25) is 0 Å². The Bertz CT molecular complexity index is 566. The minimum absolute atomic E-state index is 0.901. The van der Waals surface area contributed by atoms with Crippen LogP contribution in [0.1, 0.15) is 18.1 Å². The largest absolute Gasteiger partial charge is 0.497 e. The molecule has 0 amide bonds. The van der Waals surface area contributed by atoms with E-state index in [4.69, 9.17) is 9.47 Å². The number of hydrogen-bond acceptors (Lipinski definition) is 2. The van der Waals surface area contributed by atoms with Crippen LogP contribution in [-0.4, -0.2) is 14.2 Å². The number of hydrogen-bond donors (Lipinski definition) is 0. The highest BCUT2D eigenvalue weighted by molar-refractivity contribution is 5.50. The maximum Gasteiger partial charge on any atom is 0.118 e. The Kier molecular flexibility index (Phi) is 8.21. The van der Waals surface area contributed by atoms with Crippen molar-refractivity contribution in [1.29, 1.82) is 0 Å². The van der Waals surface area contributed by atoms with Gasteiger partial charge in [-0.25, -0.2) is 0 Å². The number of benzene rings is 2. The summed E-state index contributed by atoms with van der Waals surface area (Å²) in [6, 6.07) is 16.0. The fraction of sp³-hybridized carbons (Fsp3) is 0.200. The zero-order valence-electron chi connectivity index (χ0n) is 13.6. The fourth-order valence-electron chi connectivity index (χ4n) is 1.84. The number of allylic oxidation sites excluding steroid dienone is 2. The zero-order chi connectivity index (χ0) is 16.2. The molecular formula is C20H24O2. The monoisotopic (exact) mass is 296 g/mol. The molecule has 0 radical (unpaired) electrons. The summed E-state index contributed by atoms with van der Waals surface area (Å²) >= 11 is 0. The molecule has 2 aromatic carbocycles. The second-order valence-electron chi connectivity index (χ2n) is 4.61. The quantitative estimate of drug-likeness (QED) is 0.710. The molecule has 0 atom stereocenters. The molecule has 0 N–H and O–H groups in total. The van der Waals surface area contributed by atoms with Gasteiger partial charge < -0.3 is 9.47 Å². The molecule has 0 aliphatic rings. The van der Waals surface area contributed by atoms with E-state index in [-0.39, 0.29) is 0 Å². The molecule has 2 heteroatoms. The molecule has 0 unspecified atom stereocenters. The molecule has 2 rings (SSSR count). The first-order valence-electron chi connectivity index (χ1n) is 7.24. The van der Waals surface area contributed by atoms with Crippen molar-refractivity contribution in [3.63, 3.8) is 0 Å². The van der Waals surface area contributed by atoms with Crippen molar-refractivity contribution in [2.24, 2.45) is 0 Å². The van der Waals surface area contributed by atoms with Crippen LogP contribution in [0.15, 0.2) is 67.3 Å². The molecule has 2 aromatic rings. The third kappa shape index (κ3) is 6.31. The third-order valence-corrected chi connectivity index (χ3v) is 3.01. The average molecular weight is 296 g/mol. The van der Waals surface area contributed by atoms with Crippen LogP contribution in [0.25, 0.3) is 6.08 Å². The van der Waals surface area contributed by atoms with E-state index < -0.39 is 0 Å². The van der Waals surface area contributed by atoms with Crippen LogP contribution < -0.4 is 9.47 Å². The van der Waals surface area contributed by atoms with Gasteiger partial charge in [-0.3, -0.25) is 0 Å². The van der Waals surface area contributed by atoms with E-state index in [1.807, 2.05) is 67.6 Å². The minimum Gasteiger partial charge on any atom is -0.497 e. The summed E-state index contributed by atoms with van der Waals surface area (Å²) < 4.78 is 10.0. The normalized spacial score (nSPS) is 9.77. The van der Waals surface area contributed by atoms with Crippen molar-refractivity contribution >= 4 is 6.08 Å². The molecule has 2 nitrogen and oxygen atoms in total. The van der Waals surface area contributed by atoms with E-state index in [1.54, 1.807) is 14.2 Å². The minimum atomic E-state index is 0.901. The van der Waals surface area contributed by atoms with Gasteiger partial charge in [0.1, 0.15) is 11.5 Å². The van der Waals surface area contributed by atoms with Gasteiger partial charge in [0.05, 0.1) is 14.2 Å². The van der Waals surface area contributed by atoms with E-state index in [0.29, 0.717) is 0 Å². The van der Waals surface area contributed by atoms with Crippen LogP contribution in [0, 0.1) is 0 Å². The third-order valence-electron chi connectivity index (χ3n) is 3.01. The molecule has 0 bridgehead atoms. The molecule has 0 heterocycles. The summed E-state index contributed by atoms with van der Waals surface area (Å²) in [5, 5.41) is 0. The van der Waals surface area contributed by atoms with Crippen LogP contribution in [0.4, 0.5) is 0 Å². The number of methoxy groups -OCH3 is 2. The number of rotatable bonds is 5. The molecule has 22 heavy (non-hydrogen) atoms. The fourth-order valence-corrected chi connectivity index (χ4v) is 1.84. The second kappa shape index (κ2) is 10.3. The first-order chi connectivity index (χ1) is 10.7. The summed E-state index contributed by atoms with van der Waals surface area (Å²) in [5.41, 5.74) is 2.47. The Labute approximate surface area is 133 Å². The average Bonchev–Trinajstić information content (AvgIpc) is 2.57. The summed E-state index contributed by atoms with van der Waals surface area (Å²) in [7, 11) is 3.34. The Balaban J connectivity index is 0.000000220. The molecule has 0 aromatic heterocycles. The predicted octanol–water partition coefficient (Wildman–Crippen LogP) is 5.15. The molecule has 116 valence electrons. The Morgan fingerprint density at radius 2 is 1.36 bits per heavy atom. The van der Waals surface area contributed by atoms with Crippen LogP contribution in [0.3, 0.4) is 0 Å². The first kappa shape index (κ1) is 17.6. The predicted molar refractivity (Wildman–Crippen MR) is 94.6 cm³/mol. The molecule has 0 spiro atoms. The van der Waals surface area contributed by atoms with Gasteiger partial charge in [-0.05, 0) is 48.7 Å². The maximum atomic E-state index is 5.02. The van der Waals surface area contributed by atoms with Crippen molar-refractivity contribution in [2.75, 3.05) is 14.2 Å². The van der Waals surface area contributed by atoms with Gasteiger partial charge >= 0.3 is 0 Å². The van der Waals surface area contributed by atoms with Gasteiger partial charge in [0.15, 0.2) is 0 Å². The lowest BCUT2D eigenvalue weighted by atomic mass is 10.1. The van der Waals surface area contributed by atoms with Crippen LogP contribution in [-0.2, 0) is 6.42 Å². The van der Waals surface area contributed by atoms with Gasteiger partial charge in [-0.15, -0.1) is 6.58 Å². The summed E-state index contributed by atoms with van der Waals surface area (Å²) in [6.07, 6.45) is 6.88. The van der Waals surface area contributed by atoms with E-state index in [9.17, 15) is 0 Å².